The highest BCUT2D eigenvalue weighted by Crippen LogP contribution is 2.31. The van der Waals surface area contributed by atoms with Crippen LogP contribution in [0.5, 0.6) is 0 Å². The second-order valence-electron chi connectivity index (χ2n) is 3.11. The zero-order chi connectivity index (χ0) is 11.1. The molecule has 0 aromatic heterocycles. The Balaban J connectivity index is 2.66. The molecule has 0 fully saturated rings. The van der Waals surface area contributed by atoms with Gasteiger partial charge in [0.1, 0.15) is 5.03 Å². The maximum atomic E-state index is 11.3. The molecule has 0 unspecified atom stereocenters. The first-order valence-corrected chi connectivity index (χ1v) is 6.12. The number of allylic oxidation sites excluding steroid dienone is 2. The van der Waals surface area contributed by atoms with E-state index in [1.54, 1.807) is 24.3 Å². The first kappa shape index (κ1) is 10.3. The first-order valence-electron chi connectivity index (χ1n) is 4.20. The normalized spacial score (nSPS) is 18.5. The molecular weight excluding hydrogens is 234 g/mol. The van der Waals surface area contributed by atoms with Crippen molar-refractivity contribution >= 4 is 27.0 Å². The number of sulfone groups is 1. The van der Waals surface area contributed by atoms with Crippen molar-refractivity contribution in [1.82, 2.24) is 0 Å². The summed E-state index contributed by atoms with van der Waals surface area (Å²) in [4.78, 5) is 0. The molecule has 0 saturated heterocycles. The minimum Gasteiger partial charge on any atom is -0.389 e. The summed E-state index contributed by atoms with van der Waals surface area (Å²) in [5, 5.41) is 1.42. The van der Waals surface area contributed by atoms with Gasteiger partial charge in [-0.15, -0.1) is 0 Å². The molecule has 3 nitrogen and oxygen atoms in total. The maximum absolute atomic E-state index is 11.3. The largest absolute Gasteiger partial charge is 0.389 e. The quantitative estimate of drug-likeness (QED) is 0.817. The van der Waals surface area contributed by atoms with Crippen LogP contribution in [0.4, 0.5) is 0 Å². The highest BCUT2D eigenvalue weighted by molar-refractivity contribution is 7.98. The van der Waals surface area contributed by atoms with Crippen LogP contribution in [0.25, 0.3) is 5.57 Å². The van der Waals surface area contributed by atoms with E-state index < -0.39 is 9.84 Å². The van der Waals surface area contributed by atoms with E-state index in [-0.39, 0.29) is 5.03 Å². The van der Waals surface area contributed by atoms with Gasteiger partial charge in [0.05, 0.1) is 0 Å². The molecule has 2 N–H and O–H groups in total. The van der Waals surface area contributed by atoms with Gasteiger partial charge in [-0.1, -0.05) is 29.8 Å². The minimum atomic E-state index is -3.42. The van der Waals surface area contributed by atoms with Crippen LogP contribution in [-0.4, -0.2) is 8.42 Å². The molecule has 5 heteroatoms. The lowest BCUT2D eigenvalue weighted by molar-refractivity contribution is 0.610. The standard InChI is InChI=1S/C10H8ClNO2S/c11-9-4-2-1-3-7(9)8-5-6-15(13,14)10(8)12/h1-6H,12H2. The van der Waals surface area contributed by atoms with Crippen LogP contribution in [0.3, 0.4) is 0 Å². The molecule has 15 heavy (non-hydrogen) atoms. The van der Waals surface area contributed by atoms with E-state index in [0.717, 1.165) is 5.41 Å². The van der Waals surface area contributed by atoms with Crippen LogP contribution in [0.1, 0.15) is 5.56 Å². The number of hydrogen-bond donors (Lipinski definition) is 1. The number of nitrogens with two attached hydrogens (primary N) is 1. The third-order valence-corrected chi connectivity index (χ3v) is 3.81. The van der Waals surface area contributed by atoms with Crippen molar-refractivity contribution in [2.24, 2.45) is 5.73 Å². The van der Waals surface area contributed by atoms with Gasteiger partial charge < -0.3 is 5.73 Å². The predicted molar refractivity (Wildman–Crippen MR) is 60.6 cm³/mol. The molecule has 1 aromatic rings. The van der Waals surface area contributed by atoms with E-state index in [1.807, 2.05) is 0 Å². The van der Waals surface area contributed by atoms with Gasteiger partial charge in [-0.25, -0.2) is 8.42 Å². The summed E-state index contributed by atoms with van der Waals surface area (Å²) in [7, 11) is -3.42. The second kappa shape index (κ2) is 3.40. The van der Waals surface area contributed by atoms with Crippen molar-refractivity contribution < 1.29 is 8.42 Å². The van der Waals surface area contributed by atoms with Crippen molar-refractivity contribution in [3.63, 3.8) is 0 Å². The lowest BCUT2D eigenvalue weighted by Crippen LogP contribution is -2.07. The smallest absolute Gasteiger partial charge is 0.215 e. The number of benzene rings is 1. The summed E-state index contributed by atoms with van der Waals surface area (Å²) in [6.07, 6.45) is 1.46. The summed E-state index contributed by atoms with van der Waals surface area (Å²) in [5.74, 6) is 0. The molecule has 0 amide bonds. The van der Waals surface area contributed by atoms with Gasteiger partial charge in [0.2, 0.25) is 9.84 Å². The van der Waals surface area contributed by atoms with Gasteiger partial charge in [-0.3, -0.25) is 0 Å². The average Bonchev–Trinajstić information content (AvgIpc) is 2.44. The van der Waals surface area contributed by atoms with Gasteiger partial charge in [0.15, 0.2) is 0 Å². The van der Waals surface area contributed by atoms with E-state index >= 15 is 0 Å². The maximum Gasteiger partial charge on any atom is 0.215 e. The molecular formula is C10H8ClNO2S. The third kappa shape index (κ3) is 1.66. The number of hydrogen-bond acceptors (Lipinski definition) is 3. The number of halogens is 1. The third-order valence-electron chi connectivity index (χ3n) is 2.15. The fraction of sp³-hybridized carbons (Fsp3) is 0. The molecule has 0 spiro atoms. The van der Waals surface area contributed by atoms with Crippen molar-refractivity contribution in [1.29, 1.82) is 0 Å². The Bertz CT molecular complexity index is 573. The molecule has 0 atom stereocenters. The Morgan fingerprint density at radius 2 is 1.87 bits per heavy atom. The van der Waals surface area contributed by atoms with Crippen molar-refractivity contribution in [3.8, 4) is 0 Å². The predicted octanol–water partition coefficient (Wildman–Crippen LogP) is 1.91. The Kier molecular flexibility index (Phi) is 2.32. The van der Waals surface area contributed by atoms with E-state index in [2.05, 4.69) is 0 Å². The average molecular weight is 242 g/mol. The van der Waals surface area contributed by atoms with Crippen molar-refractivity contribution in [2.75, 3.05) is 0 Å². The summed E-state index contributed by atoms with van der Waals surface area (Å²) >= 11 is 5.94. The monoisotopic (exact) mass is 241 g/mol. The lowest BCUT2D eigenvalue weighted by Gasteiger charge is -2.03. The second-order valence-corrected chi connectivity index (χ2v) is 5.31. The fourth-order valence-corrected chi connectivity index (χ4v) is 2.55. The molecule has 78 valence electrons. The molecule has 0 bridgehead atoms. The summed E-state index contributed by atoms with van der Waals surface area (Å²) in [6.45, 7) is 0. The molecule has 0 saturated carbocycles. The van der Waals surface area contributed by atoms with Gasteiger partial charge >= 0.3 is 0 Å². The van der Waals surface area contributed by atoms with Crippen LogP contribution < -0.4 is 5.73 Å². The van der Waals surface area contributed by atoms with E-state index in [0.29, 0.717) is 16.2 Å². The van der Waals surface area contributed by atoms with Crippen LogP contribution in [0, 0.1) is 0 Å². The molecule has 0 radical (unpaired) electrons. The van der Waals surface area contributed by atoms with Crippen molar-refractivity contribution in [2.45, 2.75) is 0 Å². The highest BCUT2D eigenvalue weighted by Gasteiger charge is 2.22. The Hall–Kier alpha value is -1.26. The van der Waals surface area contributed by atoms with Gasteiger partial charge in [-0.2, -0.15) is 0 Å². The fourth-order valence-electron chi connectivity index (χ4n) is 1.37. The SMILES string of the molecule is NC1=C(c2ccccc2Cl)C=CS1(=O)=O. The molecule has 2 rings (SSSR count). The van der Waals surface area contributed by atoms with Gasteiger partial charge in [0.25, 0.3) is 0 Å². The zero-order valence-electron chi connectivity index (χ0n) is 7.64. The summed E-state index contributed by atoms with van der Waals surface area (Å²) in [5.41, 5.74) is 6.62. The van der Waals surface area contributed by atoms with Crippen molar-refractivity contribution in [3.05, 3.63) is 51.4 Å². The van der Waals surface area contributed by atoms with Crippen LogP contribution in [0.15, 0.2) is 40.8 Å². The summed E-state index contributed by atoms with van der Waals surface area (Å²) < 4.78 is 22.7. The Labute approximate surface area is 92.8 Å². The first-order chi connectivity index (χ1) is 7.02. The lowest BCUT2D eigenvalue weighted by atomic mass is 10.1. The van der Waals surface area contributed by atoms with E-state index in [9.17, 15) is 8.42 Å². The molecule has 0 aliphatic carbocycles. The molecule has 1 aromatic carbocycles. The van der Waals surface area contributed by atoms with E-state index in [4.69, 9.17) is 17.3 Å². The van der Waals surface area contributed by atoms with Gasteiger partial charge in [-0.05, 0) is 12.1 Å². The Morgan fingerprint density at radius 3 is 2.40 bits per heavy atom. The Morgan fingerprint density at radius 1 is 1.20 bits per heavy atom. The van der Waals surface area contributed by atoms with Crippen LogP contribution in [-0.2, 0) is 9.84 Å². The van der Waals surface area contributed by atoms with Crippen LogP contribution in [0.2, 0.25) is 5.02 Å². The molecule has 1 aliphatic heterocycles. The topological polar surface area (TPSA) is 60.2 Å². The number of rotatable bonds is 1. The zero-order valence-corrected chi connectivity index (χ0v) is 9.22. The minimum absolute atomic E-state index is 0.143. The van der Waals surface area contributed by atoms with Crippen LogP contribution >= 0.6 is 11.6 Å². The van der Waals surface area contributed by atoms with E-state index in [1.165, 1.54) is 6.08 Å². The molecule has 1 aliphatic rings. The highest BCUT2D eigenvalue weighted by atomic mass is 35.5. The summed E-state index contributed by atoms with van der Waals surface area (Å²) in [6, 6.07) is 6.97. The van der Waals surface area contributed by atoms with Gasteiger partial charge in [0, 0.05) is 21.6 Å². The molecule has 1 heterocycles.